The summed E-state index contributed by atoms with van der Waals surface area (Å²) in [5, 5.41) is 0. The number of nitrogens with zero attached hydrogens (tertiary/aromatic N) is 2. The average Bonchev–Trinajstić information content (AvgIpc) is 2.57. The third-order valence-electron chi connectivity index (χ3n) is 2.67. The first-order valence-electron chi connectivity index (χ1n) is 5.20. The number of aromatic nitrogens is 1. The van der Waals surface area contributed by atoms with Gasteiger partial charge in [0, 0.05) is 25.1 Å². The number of rotatable bonds is 3. The Labute approximate surface area is 103 Å². The maximum Gasteiger partial charge on any atom is 0.302 e. The smallest absolute Gasteiger partial charge is 0.302 e. The van der Waals surface area contributed by atoms with Gasteiger partial charge in [0.1, 0.15) is 0 Å². The predicted molar refractivity (Wildman–Crippen MR) is 59.5 cm³/mol. The number of hydrogen-bond donors (Lipinski definition) is 0. The van der Waals surface area contributed by atoms with E-state index in [2.05, 4.69) is 4.98 Å². The van der Waals surface area contributed by atoms with E-state index < -0.39 is 33.7 Å². The molecule has 2 heterocycles. The highest BCUT2D eigenvalue weighted by molar-refractivity contribution is 7.86. The Morgan fingerprint density at radius 1 is 1.50 bits per heavy atom. The average molecular weight is 276 g/mol. The number of hydrogen-bond acceptors (Lipinski definition) is 4. The van der Waals surface area contributed by atoms with Crippen LogP contribution in [0.5, 0.6) is 0 Å². The first-order chi connectivity index (χ1) is 8.37. The molecule has 1 aromatic rings. The summed E-state index contributed by atoms with van der Waals surface area (Å²) in [6, 6.07) is 2.83. The predicted octanol–water partition coefficient (Wildman–Crippen LogP) is 0.873. The van der Waals surface area contributed by atoms with E-state index in [0.29, 0.717) is 0 Å². The van der Waals surface area contributed by atoms with Crippen LogP contribution in [-0.2, 0) is 15.0 Å². The van der Waals surface area contributed by atoms with Gasteiger partial charge in [0.05, 0.1) is 11.4 Å². The zero-order valence-electron chi connectivity index (χ0n) is 9.21. The first-order valence-corrected chi connectivity index (χ1v) is 6.75. The number of pyridine rings is 1. The third-order valence-corrected chi connectivity index (χ3v) is 3.54. The van der Waals surface area contributed by atoms with Crippen LogP contribution >= 0.6 is 0 Å². The fraction of sp³-hybridized carbons (Fsp3) is 0.400. The summed E-state index contributed by atoms with van der Waals surface area (Å²) in [4.78, 5) is 16.1. The van der Waals surface area contributed by atoms with Crippen molar-refractivity contribution in [3.05, 3.63) is 24.3 Å². The van der Waals surface area contributed by atoms with Crippen LogP contribution in [0.1, 0.15) is 6.42 Å². The van der Waals surface area contributed by atoms with E-state index in [0.717, 1.165) is 4.90 Å². The minimum Gasteiger partial charge on any atom is -0.308 e. The van der Waals surface area contributed by atoms with Gasteiger partial charge < -0.3 is 4.90 Å². The van der Waals surface area contributed by atoms with Gasteiger partial charge in [-0.1, -0.05) is 0 Å². The molecular formula is C10H10F2N2O3S. The van der Waals surface area contributed by atoms with Crippen LogP contribution in [0.4, 0.5) is 14.0 Å². The summed E-state index contributed by atoms with van der Waals surface area (Å²) in [5.74, 6) is -2.63. The lowest BCUT2D eigenvalue weighted by molar-refractivity contribution is -0.117. The van der Waals surface area contributed by atoms with Gasteiger partial charge in [-0.2, -0.15) is 12.8 Å². The van der Waals surface area contributed by atoms with Gasteiger partial charge in [0.15, 0.2) is 0 Å². The molecule has 18 heavy (non-hydrogen) atoms. The fourth-order valence-electron chi connectivity index (χ4n) is 1.99. The van der Waals surface area contributed by atoms with Gasteiger partial charge in [-0.25, -0.2) is 4.98 Å². The highest BCUT2D eigenvalue weighted by atomic mass is 32.3. The van der Waals surface area contributed by atoms with Crippen molar-refractivity contribution in [3.63, 3.8) is 0 Å². The van der Waals surface area contributed by atoms with Crippen molar-refractivity contribution < 1.29 is 21.5 Å². The molecule has 5 nitrogen and oxygen atoms in total. The summed E-state index contributed by atoms with van der Waals surface area (Å²) in [6.07, 6.45) is 1.13. The van der Waals surface area contributed by atoms with Gasteiger partial charge in [0.25, 0.3) is 0 Å². The van der Waals surface area contributed by atoms with Crippen molar-refractivity contribution >= 4 is 21.8 Å². The van der Waals surface area contributed by atoms with Crippen LogP contribution in [0, 0.1) is 11.9 Å². The number of anilines is 1. The molecule has 0 N–H and O–H groups in total. The molecule has 1 aliphatic rings. The van der Waals surface area contributed by atoms with Gasteiger partial charge >= 0.3 is 10.2 Å². The Balaban J connectivity index is 2.18. The normalized spacial score (nSPS) is 20.4. The number of amides is 1. The second-order valence-corrected chi connectivity index (χ2v) is 5.50. The summed E-state index contributed by atoms with van der Waals surface area (Å²) < 4.78 is 47.0. The second kappa shape index (κ2) is 4.60. The van der Waals surface area contributed by atoms with E-state index in [1.54, 1.807) is 0 Å². The Kier molecular flexibility index (Phi) is 3.29. The van der Waals surface area contributed by atoms with Crippen LogP contribution in [0.15, 0.2) is 18.3 Å². The van der Waals surface area contributed by atoms with Crippen molar-refractivity contribution in [2.45, 2.75) is 6.42 Å². The van der Waals surface area contributed by atoms with Crippen molar-refractivity contribution in [3.8, 4) is 0 Å². The molecule has 1 aliphatic heterocycles. The molecule has 1 saturated heterocycles. The molecule has 1 aromatic heterocycles. The third kappa shape index (κ3) is 2.81. The molecule has 0 aliphatic carbocycles. The summed E-state index contributed by atoms with van der Waals surface area (Å²) in [6.45, 7) is -0.0232. The SMILES string of the molecule is O=C1CC(CS(=O)(=O)F)CN1c1cccnc1F. The molecule has 1 amide bonds. The molecule has 0 saturated carbocycles. The van der Waals surface area contributed by atoms with Crippen LogP contribution < -0.4 is 4.90 Å². The Hall–Kier alpha value is -1.57. The minimum atomic E-state index is -4.63. The summed E-state index contributed by atoms with van der Waals surface area (Å²) in [7, 11) is -4.63. The second-order valence-electron chi connectivity index (χ2n) is 4.09. The largest absolute Gasteiger partial charge is 0.308 e. The van der Waals surface area contributed by atoms with E-state index in [1.807, 2.05) is 0 Å². The van der Waals surface area contributed by atoms with Crippen molar-refractivity contribution in [1.29, 1.82) is 0 Å². The molecule has 0 radical (unpaired) electrons. The Morgan fingerprint density at radius 2 is 2.22 bits per heavy atom. The molecular weight excluding hydrogens is 266 g/mol. The lowest BCUT2D eigenvalue weighted by Crippen LogP contribution is -2.26. The topological polar surface area (TPSA) is 67.3 Å². The van der Waals surface area contributed by atoms with Crippen molar-refractivity contribution in [2.24, 2.45) is 5.92 Å². The molecule has 0 aromatic carbocycles. The Morgan fingerprint density at radius 3 is 2.83 bits per heavy atom. The lowest BCUT2D eigenvalue weighted by Gasteiger charge is -2.16. The molecule has 1 atom stereocenters. The lowest BCUT2D eigenvalue weighted by atomic mass is 10.1. The van der Waals surface area contributed by atoms with E-state index in [4.69, 9.17) is 0 Å². The van der Waals surface area contributed by atoms with Gasteiger partial charge in [-0.3, -0.25) is 4.79 Å². The van der Waals surface area contributed by atoms with Crippen molar-refractivity contribution in [1.82, 2.24) is 4.98 Å². The summed E-state index contributed by atoms with van der Waals surface area (Å²) >= 11 is 0. The molecule has 0 spiro atoms. The van der Waals surface area contributed by atoms with E-state index >= 15 is 0 Å². The van der Waals surface area contributed by atoms with Gasteiger partial charge in [-0.05, 0) is 12.1 Å². The van der Waals surface area contributed by atoms with Crippen LogP contribution in [-0.4, -0.2) is 31.6 Å². The van der Waals surface area contributed by atoms with E-state index in [1.165, 1.54) is 18.3 Å². The highest BCUT2D eigenvalue weighted by Crippen LogP contribution is 2.27. The number of carbonyl (C=O) groups is 1. The summed E-state index contributed by atoms with van der Waals surface area (Å²) in [5.41, 5.74) is -0.0127. The quantitative estimate of drug-likeness (QED) is 0.607. The van der Waals surface area contributed by atoms with Crippen molar-refractivity contribution in [2.75, 3.05) is 17.2 Å². The van der Waals surface area contributed by atoms with E-state index in [9.17, 15) is 21.5 Å². The van der Waals surface area contributed by atoms with Crippen LogP contribution in [0.3, 0.4) is 0 Å². The molecule has 8 heteroatoms. The van der Waals surface area contributed by atoms with Crippen LogP contribution in [0.25, 0.3) is 0 Å². The number of carbonyl (C=O) groups excluding carboxylic acids is 1. The molecule has 1 fully saturated rings. The van der Waals surface area contributed by atoms with Gasteiger partial charge in [0.2, 0.25) is 11.9 Å². The molecule has 98 valence electrons. The Bertz CT molecular complexity index is 576. The standard InChI is InChI=1S/C10H10F2N2O3S/c11-10-8(2-1-3-13-10)14-5-7(4-9(14)15)6-18(12,16)17/h1-3,7H,4-6H2. The van der Waals surface area contributed by atoms with Gasteiger partial charge in [-0.15, -0.1) is 3.89 Å². The zero-order valence-corrected chi connectivity index (χ0v) is 10.0. The van der Waals surface area contributed by atoms with Crippen LogP contribution in [0.2, 0.25) is 0 Å². The highest BCUT2D eigenvalue weighted by Gasteiger charge is 2.34. The molecule has 1 unspecified atom stereocenters. The molecule has 0 bridgehead atoms. The fourth-order valence-corrected chi connectivity index (χ4v) is 2.77. The monoisotopic (exact) mass is 276 g/mol. The maximum atomic E-state index is 13.4. The minimum absolute atomic E-state index is 0.0127. The first kappa shape index (κ1) is 12.9. The maximum absolute atomic E-state index is 13.4. The zero-order chi connectivity index (χ0) is 13.3. The number of halogens is 2. The molecule has 2 rings (SSSR count). The van der Waals surface area contributed by atoms with E-state index in [-0.39, 0.29) is 18.7 Å².